The first kappa shape index (κ1) is 16.4. The summed E-state index contributed by atoms with van der Waals surface area (Å²) in [4.78, 5) is 12.3. The van der Waals surface area contributed by atoms with Crippen molar-refractivity contribution in [1.82, 2.24) is 15.0 Å². The fourth-order valence-electron chi connectivity index (χ4n) is 2.28. The number of nitrogens with two attached hydrogens (primary N) is 2. The summed E-state index contributed by atoms with van der Waals surface area (Å²) in [6.45, 7) is 3.45. The average Bonchev–Trinajstić information content (AvgIpc) is 2.95. The topological polar surface area (TPSA) is 114 Å². The molecule has 1 unspecified atom stereocenters. The molecule has 0 radical (unpaired) electrons. The average molecular weight is 341 g/mol. The number of benzene rings is 1. The molecule has 0 saturated heterocycles. The first-order valence-corrected chi connectivity index (χ1v) is 8.46. The number of nitrogen functional groups attached to an aromatic ring is 1. The number of nitrogens with zero attached hydrogens (tertiary/aromatic N) is 2. The Morgan fingerprint density at radius 2 is 2.04 bits per heavy atom. The van der Waals surface area contributed by atoms with Gasteiger partial charge in [-0.1, -0.05) is 24.4 Å². The number of hydrogen-bond donors (Lipinski definition) is 4. The Hall–Kier alpha value is -2.51. The molecule has 7 heteroatoms. The first-order valence-electron chi connectivity index (χ1n) is 7.47. The number of nitrogens with one attached hydrogen (secondary N) is 1. The van der Waals surface area contributed by atoms with E-state index in [9.17, 15) is 5.11 Å². The number of imidazole rings is 1. The fraction of sp³-hybridized carbons (Fsp3) is 0.176. The van der Waals surface area contributed by atoms with E-state index in [2.05, 4.69) is 21.5 Å². The summed E-state index contributed by atoms with van der Waals surface area (Å²) in [5, 5.41) is 10.1. The number of thioether (sulfide) groups is 1. The summed E-state index contributed by atoms with van der Waals surface area (Å²) in [6.07, 6.45) is 0.456. The Morgan fingerprint density at radius 1 is 1.25 bits per heavy atom. The van der Waals surface area contributed by atoms with Crippen LogP contribution in [-0.4, -0.2) is 26.1 Å². The van der Waals surface area contributed by atoms with Gasteiger partial charge in [-0.05, 0) is 30.3 Å². The van der Waals surface area contributed by atoms with Crippen molar-refractivity contribution in [3.63, 3.8) is 0 Å². The van der Waals surface area contributed by atoms with Gasteiger partial charge in [0, 0.05) is 23.6 Å². The van der Waals surface area contributed by atoms with Crippen LogP contribution >= 0.6 is 11.8 Å². The van der Waals surface area contributed by atoms with E-state index in [1.807, 2.05) is 36.4 Å². The molecule has 0 amide bonds. The molecule has 1 atom stereocenters. The van der Waals surface area contributed by atoms with Crippen LogP contribution in [0.3, 0.4) is 0 Å². The molecule has 0 aliphatic rings. The highest BCUT2D eigenvalue weighted by atomic mass is 32.2. The van der Waals surface area contributed by atoms with E-state index in [0.717, 1.165) is 27.6 Å². The van der Waals surface area contributed by atoms with Gasteiger partial charge >= 0.3 is 0 Å². The van der Waals surface area contributed by atoms with Crippen LogP contribution < -0.4 is 11.5 Å². The Labute approximate surface area is 144 Å². The molecule has 0 saturated carbocycles. The van der Waals surface area contributed by atoms with Crippen LogP contribution in [0.25, 0.3) is 11.0 Å². The van der Waals surface area contributed by atoms with Gasteiger partial charge in [0.05, 0.1) is 22.8 Å². The van der Waals surface area contributed by atoms with E-state index < -0.39 is 6.04 Å². The number of anilines is 1. The minimum atomic E-state index is -0.499. The van der Waals surface area contributed by atoms with E-state index in [-0.39, 0.29) is 5.76 Å². The maximum absolute atomic E-state index is 9.32. The minimum Gasteiger partial charge on any atom is -0.511 e. The minimum absolute atomic E-state index is 0.0295. The number of H-pyrrole nitrogens is 1. The number of aliphatic hydroxyl groups excluding tert-OH is 1. The second-order valence-corrected chi connectivity index (χ2v) is 6.49. The van der Waals surface area contributed by atoms with Crippen LogP contribution in [0.5, 0.6) is 0 Å². The lowest BCUT2D eigenvalue weighted by Crippen LogP contribution is -2.25. The third-order valence-corrected chi connectivity index (χ3v) is 4.47. The number of aliphatic hydroxyl groups is 1. The molecule has 3 aromatic rings. The maximum atomic E-state index is 9.32. The summed E-state index contributed by atoms with van der Waals surface area (Å²) in [5.41, 5.74) is 15.8. The smallest absolute Gasteiger partial charge is 0.166 e. The number of fused-ring (bicyclic) bond motifs is 1. The summed E-state index contributed by atoms with van der Waals surface area (Å²) >= 11 is 1.57. The monoisotopic (exact) mass is 341 g/mol. The van der Waals surface area contributed by atoms with E-state index >= 15 is 0 Å². The fourth-order valence-corrected chi connectivity index (χ4v) is 3.07. The van der Waals surface area contributed by atoms with Gasteiger partial charge in [-0.2, -0.15) is 0 Å². The third kappa shape index (κ3) is 3.87. The normalized spacial score (nSPS) is 12.4. The van der Waals surface area contributed by atoms with E-state index in [4.69, 9.17) is 11.5 Å². The summed E-state index contributed by atoms with van der Waals surface area (Å²) < 4.78 is 0. The van der Waals surface area contributed by atoms with Crippen molar-refractivity contribution >= 4 is 28.5 Å². The van der Waals surface area contributed by atoms with Crippen molar-refractivity contribution < 1.29 is 5.11 Å². The zero-order valence-electron chi connectivity index (χ0n) is 13.1. The zero-order chi connectivity index (χ0) is 17.1. The van der Waals surface area contributed by atoms with Crippen molar-refractivity contribution in [2.45, 2.75) is 23.4 Å². The highest BCUT2D eigenvalue weighted by Crippen LogP contribution is 2.23. The van der Waals surface area contributed by atoms with Crippen molar-refractivity contribution in [2.75, 3.05) is 5.73 Å². The largest absolute Gasteiger partial charge is 0.511 e. The SMILES string of the molecule is C=C(O)C(N)Cc1cccc(CSc2nc3ccc(N)cc3[nH]2)n1. The maximum Gasteiger partial charge on any atom is 0.166 e. The number of hydrogen-bond acceptors (Lipinski definition) is 6. The lowest BCUT2D eigenvalue weighted by molar-refractivity contribution is 0.367. The second-order valence-electron chi connectivity index (χ2n) is 5.53. The molecule has 24 heavy (non-hydrogen) atoms. The number of rotatable bonds is 6. The summed E-state index contributed by atoms with van der Waals surface area (Å²) in [7, 11) is 0. The van der Waals surface area contributed by atoms with Gasteiger partial charge in [-0.25, -0.2) is 4.98 Å². The predicted molar refractivity (Wildman–Crippen MR) is 97.8 cm³/mol. The molecular weight excluding hydrogens is 322 g/mol. The molecule has 124 valence electrons. The molecule has 0 fully saturated rings. The lowest BCUT2D eigenvalue weighted by atomic mass is 10.1. The van der Waals surface area contributed by atoms with Gasteiger partial charge in [0.1, 0.15) is 5.76 Å². The Kier molecular flexibility index (Phi) is 4.73. The van der Waals surface area contributed by atoms with Crippen molar-refractivity contribution in [2.24, 2.45) is 5.73 Å². The third-order valence-electron chi connectivity index (χ3n) is 3.56. The van der Waals surface area contributed by atoms with Gasteiger partial charge in [-0.3, -0.25) is 4.98 Å². The van der Waals surface area contributed by atoms with Crippen LogP contribution in [0.15, 0.2) is 53.9 Å². The predicted octanol–water partition coefficient (Wildman–Crippen LogP) is 2.77. The quantitative estimate of drug-likeness (QED) is 0.311. The molecule has 0 aliphatic heterocycles. The van der Waals surface area contributed by atoms with Gasteiger partial charge in [-0.15, -0.1) is 0 Å². The Bertz CT molecular complexity index is 876. The second kappa shape index (κ2) is 6.94. The molecule has 3 rings (SSSR count). The molecule has 0 bridgehead atoms. The number of aromatic nitrogens is 3. The van der Waals surface area contributed by atoms with Crippen molar-refractivity contribution in [3.05, 3.63) is 60.1 Å². The van der Waals surface area contributed by atoms with Gasteiger partial charge in [0.15, 0.2) is 5.16 Å². The molecule has 1 aromatic carbocycles. The number of aromatic amines is 1. The van der Waals surface area contributed by atoms with Crippen LogP contribution in [0, 0.1) is 0 Å². The zero-order valence-corrected chi connectivity index (χ0v) is 13.9. The van der Waals surface area contributed by atoms with Crippen LogP contribution in [0.2, 0.25) is 0 Å². The van der Waals surface area contributed by atoms with Gasteiger partial charge in [0.25, 0.3) is 0 Å². The standard InChI is InChI=1S/C17H19N5OS/c1-10(23)14(19)8-12-3-2-4-13(20-12)9-24-17-21-15-6-5-11(18)7-16(15)22-17/h2-7,14,23H,1,8-9,18-19H2,(H,21,22). The highest BCUT2D eigenvalue weighted by Gasteiger charge is 2.09. The molecule has 2 aromatic heterocycles. The molecule has 0 spiro atoms. The molecule has 6 N–H and O–H groups in total. The van der Waals surface area contributed by atoms with Gasteiger partial charge in [0.2, 0.25) is 0 Å². The first-order chi connectivity index (χ1) is 11.5. The molecule has 6 nitrogen and oxygen atoms in total. The molecule has 0 aliphatic carbocycles. The highest BCUT2D eigenvalue weighted by molar-refractivity contribution is 7.98. The lowest BCUT2D eigenvalue weighted by Gasteiger charge is -2.09. The van der Waals surface area contributed by atoms with Gasteiger partial charge < -0.3 is 21.6 Å². The Balaban J connectivity index is 1.68. The molecule has 2 heterocycles. The molecular formula is C17H19N5OS. The summed E-state index contributed by atoms with van der Waals surface area (Å²) in [5.74, 6) is 0.650. The Morgan fingerprint density at radius 3 is 2.83 bits per heavy atom. The van der Waals surface area contributed by atoms with Crippen LogP contribution in [0.4, 0.5) is 5.69 Å². The number of pyridine rings is 1. The van der Waals surface area contributed by atoms with Crippen molar-refractivity contribution in [1.29, 1.82) is 0 Å². The van der Waals surface area contributed by atoms with Crippen LogP contribution in [0.1, 0.15) is 11.4 Å². The van der Waals surface area contributed by atoms with Crippen LogP contribution in [-0.2, 0) is 12.2 Å². The van der Waals surface area contributed by atoms with E-state index in [1.165, 1.54) is 0 Å². The van der Waals surface area contributed by atoms with E-state index in [1.54, 1.807) is 11.8 Å². The summed E-state index contributed by atoms with van der Waals surface area (Å²) in [6, 6.07) is 10.9. The van der Waals surface area contributed by atoms with Crippen molar-refractivity contribution in [3.8, 4) is 0 Å². The van der Waals surface area contributed by atoms with E-state index in [0.29, 0.717) is 17.9 Å².